The zero-order chi connectivity index (χ0) is 39.8. The lowest BCUT2D eigenvalue weighted by molar-refractivity contribution is 0.584. The number of aromatic nitrogens is 3. The van der Waals surface area contributed by atoms with Gasteiger partial charge < -0.3 is 8.98 Å². The molecule has 0 unspecified atom stereocenters. The van der Waals surface area contributed by atoms with E-state index < -0.39 is 0 Å². The highest BCUT2D eigenvalue weighted by Gasteiger charge is 2.17. The molecular weight excluding hydrogens is 731 g/mol. The van der Waals surface area contributed by atoms with Crippen LogP contribution in [0, 0.1) is 0 Å². The standard InChI is InChI=1S/C56H37N3O/c1-3-13-38(14-4-1)39-23-25-40(26-24-39)45-33-36-54-52(37-45)51-21-11-12-22-53(51)59(54)46-34-31-42(32-35-46)48-18-8-10-20-50(48)49-19-9-7-17-47(49)41-27-29-44(30-28-41)56-58-57-55(60-56)43-15-5-2-6-16-43/h1-37H. The SMILES string of the molecule is c1ccc(-c2ccc(-c3ccc4c(c3)c3ccccc3n4-c3ccc(-c4ccccc4-c4ccccc4-c4ccc(-c5nnc(-c6ccccc6)o5)cc4)cc3)cc2)cc1. The summed E-state index contributed by atoms with van der Waals surface area (Å²) in [5.41, 5.74) is 17.1. The van der Waals surface area contributed by atoms with Gasteiger partial charge in [0, 0.05) is 27.6 Å². The van der Waals surface area contributed by atoms with Crippen LogP contribution in [0.3, 0.4) is 0 Å². The van der Waals surface area contributed by atoms with E-state index in [9.17, 15) is 0 Å². The predicted octanol–water partition coefficient (Wildman–Crippen LogP) is 14.8. The van der Waals surface area contributed by atoms with Crippen molar-refractivity contribution in [2.24, 2.45) is 0 Å². The molecule has 0 fully saturated rings. The van der Waals surface area contributed by atoms with Gasteiger partial charge in [-0.1, -0.05) is 170 Å². The van der Waals surface area contributed by atoms with Crippen molar-refractivity contribution in [1.82, 2.24) is 14.8 Å². The minimum atomic E-state index is 0.498. The fourth-order valence-corrected chi connectivity index (χ4v) is 8.48. The molecule has 2 heterocycles. The maximum atomic E-state index is 6.05. The molecule has 60 heavy (non-hydrogen) atoms. The summed E-state index contributed by atoms with van der Waals surface area (Å²) in [5.74, 6) is 1.01. The zero-order valence-corrected chi connectivity index (χ0v) is 32.6. The Morgan fingerprint density at radius 3 is 1.30 bits per heavy atom. The summed E-state index contributed by atoms with van der Waals surface area (Å²) in [5, 5.41) is 11.1. The molecular formula is C56H37N3O. The van der Waals surface area contributed by atoms with Crippen molar-refractivity contribution in [3.05, 3.63) is 224 Å². The van der Waals surface area contributed by atoms with E-state index in [0.29, 0.717) is 11.8 Å². The largest absolute Gasteiger partial charge is 0.416 e. The second-order valence-electron chi connectivity index (χ2n) is 15.0. The third-order valence-electron chi connectivity index (χ3n) is 11.5. The third-order valence-corrected chi connectivity index (χ3v) is 11.5. The smallest absolute Gasteiger partial charge is 0.248 e. The lowest BCUT2D eigenvalue weighted by Gasteiger charge is -2.15. The number of para-hydroxylation sites is 1. The number of hydrogen-bond donors (Lipinski definition) is 0. The second kappa shape index (κ2) is 15.0. The molecule has 11 rings (SSSR count). The molecule has 11 aromatic rings. The molecule has 282 valence electrons. The topological polar surface area (TPSA) is 43.9 Å². The molecule has 4 heteroatoms. The monoisotopic (exact) mass is 767 g/mol. The number of fused-ring (bicyclic) bond motifs is 3. The molecule has 0 atom stereocenters. The van der Waals surface area contributed by atoms with E-state index in [1.807, 2.05) is 30.3 Å². The van der Waals surface area contributed by atoms with Crippen LogP contribution in [0.2, 0.25) is 0 Å². The summed E-state index contributed by atoms with van der Waals surface area (Å²) in [7, 11) is 0. The molecule has 0 N–H and O–H groups in total. The van der Waals surface area contributed by atoms with Gasteiger partial charge in [0.2, 0.25) is 11.8 Å². The van der Waals surface area contributed by atoms with E-state index in [1.165, 1.54) is 60.8 Å². The predicted molar refractivity (Wildman–Crippen MR) is 247 cm³/mol. The molecule has 0 spiro atoms. The van der Waals surface area contributed by atoms with E-state index in [2.05, 4.69) is 209 Å². The minimum absolute atomic E-state index is 0.498. The van der Waals surface area contributed by atoms with Crippen LogP contribution in [0.15, 0.2) is 229 Å². The highest BCUT2D eigenvalue weighted by Crippen LogP contribution is 2.40. The second-order valence-corrected chi connectivity index (χ2v) is 15.0. The van der Waals surface area contributed by atoms with E-state index >= 15 is 0 Å². The average Bonchev–Trinajstić information content (AvgIpc) is 3.96. The molecule has 0 saturated carbocycles. The average molecular weight is 768 g/mol. The maximum absolute atomic E-state index is 6.05. The van der Waals surface area contributed by atoms with Crippen LogP contribution in [-0.4, -0.2) is 14.8 Å². The van der Waals surface area contributed by atoms with Crippen LogP contribution < -0.4 is 0 Å². The molecule has 0 amide bonds. The molecule has 0 aliphatic rings. The number of hydrogen-bond acceptors (Lipinski definition) is 3. The van der Waals surface area contributed by atoms with Crippen LogP contribution in [0.5, 0.6) is 0 Å². The molecule has 2 aromatic heterocycles. The summed E-state index contributed by atoms with van der Waals surface area (Å²) in [4.78, 5) is 0. The van der Waals surface area contributed by atoms with Gasteiger partial charge in [-0.2, -0.15) is 0 Å². The number of rotatable bonds is 8. The Kier molecular flexibility index (Phi) is 8.79. The Bertz CT molecular complexity index is 3270. The summed E-state index contributed by atoms with van der Waals surface area (Å²) >= 11 is 0. The fourth-order valence-electron chi connectivity index (χ4n) is 8.48. The summed E-state index contributed by atoms with van der Waals surface area (Å²) in [6, 6.07) is 79.5. The molecule has 9 aromatic carbocycles. The normalized spacial score (nSPS) is 11.3. The lowest BCUT2D eigenvalue weighted by atomic mass is 9.89. The van der Waals surface area contributed by atoms with Gasteiger partial charge in [-0.05, 0) is 110 Å². The Hall–Kier alpha value is -8.08. The quantitative estimate of drug-likeness (QED) is 0.155. The lowest BCUT2D eigenvalue weighted by Crippen LogP contribution is -1.94. The zero-order valence-electron chi connectivity index (χ0n) is 32.6. The first kappa shape index (κ1) is 35.1. The van der Waals surface area contributed by atoms with E-state index in [0.717, 1.165) is 33.5 Å². The maximum Gasteiger partial charge on any atom is 0.248 e. The molecule has 0 bridgehead atoms. The molecule has 0 saturated heterocycles. The molecule has 0 radical (unpaired) electrons. The van der Waals surface area contributed by atoms with E-state index in [-0.39, 0.29) is 0 Å². The van der Waals surface area contributed by atoms with Gasteiger partial charge in [0.15, 0.2) is 0 Å². The molecule has 0 aliphatic heterocycles. The van der Waals surface area contributed by atoms with Gasteiger partial charge in [0.05, 0.1) is 11.0 Å². The van der Waals surface area contributed by atoms with Crippen LogP contribution >= 0.6 is 0 Å². The Balaban J connectivity index is 0.910. The third kappa shape index (κ3) is 6.37. The van der Waals surface area contributed by atoms with Crippen molar-refractivity contribution in [2.45, 2.75) is 0 Å². The first-order valence-electron chi connectivity index (χ1n) is 20.2. The Morgan fingerprint density at radius 1 is 0.283 bits per heavy atom. The van der Waals surface area contributed by atoms with Crippen molar-refractivity contribution < 1.29 is 4.42 Å². The fraction of sp³-hybridized carbons (Fsp3) is 0. The number of benzene rings is 9. The van der Waals surface area contributed by atoms with Gasteiger partial charge in [-0.3, -0.25) is 0 Å². The van der Waals surface area contributed by atoms with Crippen molar-refractivity contribution >= 4 is 21.8 Å². The first-order chi connectivity index (χ1) is 29.7. The van der Waals surface area contributed by atoms with E-state index in [4.69, 9.17) is 4.42 Å². The van der Waals surface area contributed by atoms with Crippen LogP contribution in [0.25, 0.3) is 106 Å². The summed E-state index contributed by atoms with van der Waals surface area (Å²) in [6.07, 6.45) is 0. The summed E-state index contributed by atoms with van der Waals surface area (Å²) in [6.45, 7) is 0. The van der Waals surface area contributed by atoms with Crippen LogP contribution in [0.1, 0.15) is 0 Å². The van der Waals surface area contributed by atoms with Gasteiger partial charge in [0.1, 0.15) is 0 Å². The Labute approximate surface area is 348 Å². The van der Waals surface area contributed by atoms with Crippen LogP contribution in [0.4, 0.5) is 0 Å². The minimum Gasteiger partial charge on any atom is -0.416 e. The molecule has 4 nitrogen and oxygen atoms in total. The van der Waals surface area contributed by atoms with Crippen molar-refractivity contribution in [3.63, 3.8) is 0 Å². The molecule has 0 aliphatic carbocycles. The van der Waals surface area contributed by atoms with Crippen molar-refractivity contribution in [3.8, 4) is 84.2 Å². The van der Waals surface area contributed by atoms with Crippen LogP contribution in [-0.2, 0) is 0 Å². The summed E-state index contributed by atoms with van der Waals surface area (Å²) < 4.78 is 8.43. The Morgan fingerprint density at radius 2 is 0.683 bits per heavy atom. The van der Waals surface area contributed by atoms with Crippen molar-refractivity contribution in [1.29, 1.82) is 0 Å². The first-order valence-corrected chi connectivity index (χ1v) is 20.2. The highest BCUT2D eigenvalue weighted by atomic mass is 16.4. The van der Waals surface area contributed by atoms with Gasteiger partial charge >= 0.3 is 0 Å². The van der Waals surface area contributed by atoms with E-state index in [1.54, 1.807) is 0 Å². The van der Waals surface area contributed by atoms with Gasteiger partial charge in [-0.15, -0.1) is 10.2 Å². The number of nitrogens with zero attached hydrogens (tertiary/aromatic N) is 3. The highest BCUT2D eigenvalue weighted by molar-refractivity contribution is 6.10. The van der Waals surface area contributed by atoms with Crippen molar-refractivity contribution in [2.75, 3.05) is 0 Å². The van der Waals surface area contributed by atoms with Gasteiger partial charge in [-0.25, -0.2) is 0 Å². The van der Waals surface area contributed by atoms with Gasteiger partial charge in [0.25, 0.3) is 0 Å².